The van der Waals surface area contributed by atoms with Crippen LogP contribution in [0.15, 0.2) is 41.3 Å². The third kappa shape index (κ3) is 1.61. The first-order chi connectivity index (χ1) is 7.20. The maximum atomic E-state index is 11.7. The van der Waals surface area contributed by atoms with E-state index in [9.17, 15) is 9.90 Å². The number of aromatic hydroxyl groups is 1. The Morgan fingerprint density at radius 3 is 2.60 bits per heavy atom. The fourth-order valence-corrected chi connectivity index (χ4v) is 1.41. The second-order valence-corrected chi connectivity index (χ2v) is 3.20. The SMILES string of the molecule is Cn1ncc(O)c(-c2ccccc2)c1=O. The van der Waals surface area contributed by atoms with Crippen LogP contribution in [0, 0.1) is 0 Å². The Morgan fingerprint density at radius 1 is 1.27 bits per heavy atom. The zero-order valence-electron chi connectivity index (χ0n) is 8.21. The lowest BCUT2D eigenvalue weighted by molar-refractivity contribution is 0.467. The summed E-state index contributed by atoms with van der Waals surface area (Å²) >= 11 is 0. The van der Waals surface area contributed by atoms with Crippen LogP contribution >= 0.6 is 0 Å². The van der Waals surface area contributed by atoms with Gasteiger partial charge in [0, 0.05) is 7.05 Å². The number of benzene rings is 1. The van der Waals surface area contributed by atoms with Gasteiger partial charge in [-0.25, -0.2) is 4.68 Å². The highest BCUT2D eigenvalue weighted by atomic mass is 16.3. The van der Waals surface area contributed by atoms with Crippen molar-refractivity contribution >= 4 is 0 Å². The molecule has 4 nitrogen and oxygen atoms in total. The molecule has 1 N–H and O–H groups in total. The topological polar surface area (TPSA) is 55.1 Å². The molecular formula is C11H10N2O2. The van der Waals surface area contributed by atoms with Crippen LogP contribution in [-0.4, -0.2) is 14.9 Å². The molecule has 0 aliphatic carbocycles. The first kappa shape index (κ1) is 9.45. The van der Waals surface area contributed by atoms with Gasteiger partial charge < -0.3 is 5.11 Å². The first-order valence-electron chi connectivity index (χ1n) is 4.51. The van der Waals surface area contributed by atoms with Gasteiger partial charge in [-0.05, 0) is 5.56 Å². The molecular weight excluding hydrogens is 192 g/mol. The van der Waals surface area contributed by atoms with E-state index >= 15 is 0 Å². The minimum atomic E-state index is -0.304. The van der Waals surface area contributed by atoms with Crippen molar-refractivity contribution in [3.8, 4) is 16.9 Å². The fraction of sp³-hybridized carbons (Fsp3) is 0.0909. The highest BCUT2D eigenvalue weighted by molar-refractivity contribution is 5.68. The van der Waals surface area contributed by atoms with E-state index in [2.05, 4.69) is 5.10 Å². The minimum absolute atomic E-state index is 0.0932. The monoisotopic (exact) mass is 202 g/mol. The van der Waals surface area contributed by atoms with Crippen LogP contribution in [0.25, 0.3) is 11.1 Å². The van der Waals surface area contributed by atoms with Crippen LogP contribution in [0.4, 0.5) is 0 Å². The summed E-state index contributed by atoms with van der Waals surface area (Å²) in [6, 6.07) is 9.03. The van der Waals surface area contributed by atoms with E-state index in [4.69, 9.17) is 0 Å². The van der Waals surface area contributed by atoms with E-state index in [1.165, 1.54) is 10.9 Å². The number of aryl methyl sites for hydroxylation is 1. The molecule has 0 atom stereocenters. The summed E-state index contributed by atoms with van der Waals surface area (Å²) in [6.07, 6.45) is 1.27. The van der Waals surface area contributed by atoms with Gasteiger partial charge in [0.25, 0.3) is 5.56 Å². The van der Waals surface area contributed by atoms with Crippen LogP contribution in [0.3, 0.4) is 0 Å². The standard InChI is InChI=1S/C11H10N2O2/c1-13-11(15)10(9(14)7-12-13)8-5-3-2-4-6-8/h2-7,14H,1H3. The smallest absolute Gasteiger partial charge is 0.278 e. The van der Waals surface area contributed by atoms with Crippen molar-refractivity contribution in [3.05, 3.63) is 46.9 Å². The second-order valence-electron chi connectivity index (χ2n) is 3.20. The molecule has 0 aliphatic heterocycles. The third-order valence-electron chi connectivity index (χ3n) is 2.18. The zero-order chi connectivity index (χ0) is 10.8. The van der Waals surface area contributed by atoms with E-state index in [-0.39, 0.29) is 16.9 Å². The maximum absolute atomic E-state index is 11.7. The van der Waals surface area contributed by atoms with E-state index in [1.807, 2.05) is 18.2 Å². The molecule has 0 spiro atoms. The van der Waals surface area contributed by atoms with E-state index in [1.54, 1.807) is 19.2 Å². The number of rotatable bonds is 1. The van der Waals surface area contributed by atoms with Crippen molar-refractivity contribution in [2.75, 3.05) is 0 Å². The number of nitrogens with zero attached hydrogens (tertiary/aromatic N) is 2. The molecule has 0 aliphatic rings. The molecule has 0 amide bonds. The molecule has 1 aromatic carbocycles. The average Bonchev–Trinajstić information content (AvgIpc) is 2.26. The quantitative estimate of drug-likeness (QED) is 0.754. The molecule has 0 unspecified atom stereocenters. The second kappa shape index (κ2) is 3.57. The molecule has 1 aromatic heterocycles. The predicted molar refractivity (Wildman–Crippen MR) is 56.6 cm³/mol. The molecule has 76 valence electrons. The van der Waals surface area contributed by atoms with Crippen LogP contribution in [0.1, 0.15) is 0 Å². The highest BCUT2D eigenvalue weighted by Crippen LogP contribution is 2.23. The van der Waals surface area contributed by atoms with Crippen molar-refractivity contribution < 1.29 is 5.11 Å². The first-order valence-corrected chi connectivity index (χ1v) is 4.51. The average molecular weight is 202 g/mol. The third-order valence-corrected chi connectivity index (χ3v) is 2.18. The Morgan fingerprint density at radius 2 is 1.93 bits per heavy atom. The summed E-state index contributed by atoms with van der Waals surface area (Å²) in [4.78, 5) is 11.7. The predicted octanol–water partition coefficient (Wildman–Crippen LogP) is 1.15. The van der Waals surface area contributed by atoms with Crippen molar-refractivity contribution in [1.29, 1.82) is 0 Å². The number of hydrogen-bond acceptors (Lipinski definition) is 3. The molecule has 0 saturated carbocycles. The molecule has 4 heteroatoms. The van der Waals surface area contributed by atoms with Crippen LogP contribution in [-0.2, 0) is 7.05 Å². The van der Waals surface area contributed by atoms with E-state index in [0.717, 1.165) is 0 Å². The molecule has 2 aromatic rings. The number of aromatic nitrogens is 2. The molecule has 0 fully saturated rings. The zero-order valence-corrected chi connectivity index (χ0v) is 8.21. The molecule has 0 bridgehead atoms. The van der Waals surface area contributed by atoms with Gasteiger partial charge in [-0.2, -0.15) is 5.10 Å². The maximum Gasteiger partial charge on any atom is 0.278 e. The lowest BCUT2D eigenvalue weighted by Crippen LogP contribution is -2.20. The Bertz CT molecular complexity index is 532. The van der Waals surface area contributed by atoms with E-state index in [0.29, 0.717) is 5.56 Å². The fourth-order valence-electron chi connectivity index (χ4n) is 1.41. The van der Waals surface area contributed by atoms with Gasteiger partial charge in [-0.1, -0.05) is 30.3 Å². The van der Waals surface area contributed by atoms with Crippen molar-refractivity contribution in [1.82, 2.24) is 9.78 Å². The van der Waals surface area contributed by atoms with Gasteiger partial charge in [0.1, 0.15) is 5.75 Å². The highest BCUT2D eigenvalue weighted by Gasteiger charge is 2.10. The summed E-state index contributed by atoms with van der Waals surface area (Å²) in [5.74, 6) is -0.0932. The van der Waals surface area contributed by atoms with Crippen molar-refractivity contribution in [2.45, 2.75) is 0 Å². The van der Waals surface area contributed by atoms with Crippen molar-refractivity contribution in [3.63, 3.8) is 0 Å². The lowest BCUT2D eigenvalue weighted by Gasteiger charge is -2.04. The summed E-state index contributed by atoms with van der Waals surface area (Å²) < 4.78 is 1.20. The molecule has 0 radical (unpaired) electrons. The molecule has 0 saturated heterocycles. The van der Waals surface area contributed by atoms with Gasteiger partial charge in [0.2, 0.25) is 0 Å². The Kier molecular flexibility index (Phi) is 2.25. The van der Waals surface area contributed by atoms with Gasteiger partial charge in [0.15, 0.2) is 0 Å². The summed E-state index contributed by atoms with van der Waals surface area (Å²) in [5, 5.41) is 13.3. The largest absolute Gasteiger partial charge is 0.505 e. The normalized spacial score (nSPS) is 10.2. The summed E-state index contributed by atoms with van der Waals surface area (Å²) in [6.45, 7) is 0. The van der Waals surface area contributed by atoms with Crippen LogP contribution < -0.4 is 5.56 Å². The summed E-state index contributed by atoms with van der Waals surface area (Å²) in [5.41, 5.74) is 0.673. The van der Waals surface area contributed by atoms with Crippen molar-refractivity contribution in [2.24, 2.45) is 7.05 Å². The summed E-state index contributed by atoms with van der Waals surface area (Å²) in [7, 11) is 1.55. The Balaban J connectivity index is 2.73. The Hall–Kier alpha value is -2.10. The van der Waals surface area contributed by atoms with Gasteiger partial charge in [0.05, 0.1) is 11.8 Å². The van der Waals surface area contributed by atoms with Gasteiger partial charge in [-0.15, -0.1) is 0 Å². The Labute approximate surface area is 86.4 Å². The van der Waals surface area contributed by atoms with Gasteiger partial charge >= 0.3 is 0 Å². The molecule has 1 heterocycles. The lowest BCUT2D eigenvalue weighted by atomic mass is 10.1. The molecule has 15 heavy (non-hydrogen) atoms. The number of hydrogen-bond donors (Lipinski definition) is 1. The van der Waals surface area contributed by atoms with Gasteiger partial charge in [-0.3, -0.25) is 4.79 Å². The minimum Gasteiger partial charge on any atom is -0.505 e. The molecule has 2 rings (SSSR count). The van der Waals surface area contributed by atoms with Crippen LogP contribution in [0.5, 0.6) is 5.75 Å². The van der Waals surface area contributed by atoms with E-state index < -0.39 is 0 Å². The van der Waals surface area contributed by atoms with Crippen LogP contribution in [0.2, 0.25) is 0 Å².